The van der Waals surface area contributed by atoms with Crippen molar-refractivity contribution in [2.75, 3.05) is 13.7 Å². The van der Waals surface area contributed by atoms with E-state index < -0.39 is 0 Å². The molecule has 1 rings (SSSR count). The molecule has 2 unspecified atom stereocenters. The van der Waals surface area contributed by atoms with Crippen LogP contribution in [0.3, 0.4) is 0 Å². The Balaban J connectivity index is 3.08. The van der Waals surface area contributed by atoms with E-state index in [1.165, 1.54) is 0 Å². The molecule has 0 bridgehead atoms. The molecule has 1 aromatic carbocycles. The van der Waals surface area contributed by atoms with Gasteiger partial charge in [0.25, 0.3) is 0 Å². The SMILES string of the molecule is COc1ccc(Cl)cc1C(N)C(CN)C(C)C. The number of hydrogen-bond donors (Lipinski definition) is 2. The van der Waals surface area contributed by atoms with Gasteiger partial charge in [-0.25, -0.2) is 0 Å². The lowest BCUT2D eigenvalue weighted by Crippen LogP contribution is -2.32. The van der Waals surface area contributed by atoms with Gasteiger partial charge in [0.1, 0.15) is 5.75 Å². The highest BCUT2D eigenvalue weighted by molar-refractivity contribution is 6.30. The highest BCUT2D eigenvalue weighted by atomic mass is 35.5. The summed E-state index contributed by atoms with van der Waals surface area (Å²) in [4.78, 5) is 0. The summed E-state index contributed by atoms with van der Waals surface area (Å²) in [6.07, 6.45) is 0. The zero-order valence-corrected chi connectivity index (χ0v) is 11.4. The van der Waals surface area contributed by atoms with Crippen molar-refractivity contribution < 1.29 is 4.74 Å². The first kappa shape index (κ1) is 14.3. The van der Waals surface area contributed by atoms with Gasteiger partial charge in [-0.05, 0) is 36.6 Å². The first-order chi connectivity index (χ1) is 8.01. The van der Waals surface area contributed by atoms with E-state index in [1.54, 1.807) is 13.2 Å². The standard InChI is InChI=1S/C13H21ClN2O/c1-8(2)11(7-15)13(16)10-6-9(14)4-5-12(10)17-3/h4-6,8,11,13H,7,15-16H2,1-3H3. The van der Waals surface area contributed by atoms with Crippen LogP contribution in [0.1, 0.15) is 25.5 Å². The molecule has 4 N–H and O–H groups in total. The lowest BCUT2D eigenvalue weighted by atomic mass is 9.85. The highest BCUT2D eigenvalue weighted by Crippen LogP contribution is 2.33. The van der Waals surface area contributed by atoms with E-state index in [4.69, 9.17) is 27.8 Å². The maximum Gasteiger partial charge on any atom is 0.123 e. The fourth-order valence-electron chi connectivity index (χ4n) is 2.03. The van der Waals surface area contributed by atoms with Gasteiger partial charge in [-0.3, -0.25) is 0 Å². The maximum absolute atomic E-state index is 6.28. The fourth-order valence-corrected chi connectivity index (χ4v) is 2.21. The van der Waals surface area contributed by atoms with Crippen LogP contribution < -0.4 is 16.2 Å². The Labute approximate surface area is 108 Å². The number of benzene rings is 1. The first-order valence-corrected chi connectivity index (χ1v) is 6.18. The van der Waals surface area contributed by atoms with Crippen molar-refractivity contribution in [3.63, 3.8) is 0 Å². The Morgan fingerprint density at radius 1 is 1.35 bits per heavy atom. The largest absolute Gasteiger partial charge is 0.496 e. The van der Waals surface area contributed by atoms with Crippen LogP contribution in [0, 0.1) is 11.8 Å². The lowest BCUT2D eigenvalue weighted by molar-refractivity contribution is 0.320. The average Bonchev–Trinajstić information content (AvgIpc) is 2.29. The molecule has 0 spiro atoms. The minimum Gasteiger partial charge on any atom is -0.496 e. The summed E-state index contributed by atoms with van der Waals surface area (Å²) in [6, 6.07) is 5.33. The topological polar surface area (TPSA) is 61.3 Å². The second-order valence-corrected chi connectivity index (χ2v) is 4.99. The summed E-state index contributed by atoms with van der Waals surface area (Å²) in [5, 5.41) is 0.663. The van der Waals surface area contributed by atoms with Crippen LogP contribution in [0.2, 0.25) is 5.02 Å². The third kappa shape index (κ3) is 3.35. The van der Waals surface area contributed by atoms with Crippen LogP contribution in [0.4, 0.5) is 0 Å². The van der Waals surface area contributed by atoms with Crippen molar-refractivity contribution in [2.24, 2.45) is 23.3 Å². The predicted molar refractivity (Wildman–Crippen MR) is 72.3 cm³/mol. The Morgan fingerprint density at radius 2 is 2.00 bits per heavy atom. The summed E-state index contributed by atoms with van der Waals surface area (Å²) in [7, 11) is 1.63. The van der Waals surface area contributed by atoms with Crippen LogP contribution in [0.15, 0.2) is 18.2 Å². The quantitative estimate of drug-likeness (QED) is 0.851. The number of halogens is 1. The van der Waals surface area contributed by atoms with Gasteiger partial charge in [0.15, 0.2) is 0 Å². The Kier molecular flexibility index (Phi) is 5.25. The molecule has 96 valence electrons. The molecule has 0 aromatic heterocycles. The van der Waals surface area contributed by atoms with E-state index in [-0.39, 0.29) is 12.0 Å². The van der Waals surface area contributed by atoms with Gasteiger partial charge in [-0.1, -0.05) is 25.4 Å². The smallest absolute Gasteiger partial charge is 0.123 e. The molecule has 0 saturated heterocycles. The monoisotopic (exact) mass is 256 g/mol. The van der Waals surface area contributed by atoms with Crippen molar-refractivity contribution in [2.45, 2.75) is 19.9 Å². The number of nitrogens with two attached hydrogens (primary N) is 2. The van der Waals surface area contributed by atoms with E-state index in [9.17, 15) is 0 Å². The van der Waals surface area contributed by atoms with E-state index in [0.29, 0.717) is 17.5 Å². The molecule has 0 radical (unpaired) electrons. The summed E-state index contributed by atoms with van der Waals surface area (Å²) in [5.41, 5.74) is 13.0. The maximum atomic E-state index is 6.28. The summed E-state index contributed by atoms with van der Waals surface area (Å²) >= 11 is 6.00. The van der Waals surface area contributed by atoms with Crippen LogP contribution in [-0.4, -0.2) is 13.7 Å². The van der Waals surface area contributed by atoms with Gasteiger partial charge in [-0.15, -0.1) is 0 Å². The Bertz CT molecular complexity index is 368. The lowest BCUT2D eigenvalue weighted by Gasteiger charge is -2.27. The van der Waals surface area contributed by atoms with Gasteiger partial charge < -0.3 is 16.2 Å². The van der Waals surface area contributed by atoms with Crippen molar-refractivity contribution in [3.8, 4) is 5.75 Å². The number of hydrogen-bond acceptors (Lipinski definition) is 3. The minimum absolute atomic E-state index is 0.159. The first-order valence-electron chi connectivity index (χ1n) is 5.80. The third-order valence-corrected chi connectivity index (χ3v) is 3.38. The molecule has 2 atom stereocenters. The number of ether oxygens (including phenoxy) is 1. The van der Waals surface area contributed by atoms with Crippen LogP contribution in [-0.2, 0) is 0 Å². The Morgan fingerprint density at radius 3 is 2.47 bits per heavy atom. The van der Waals surface area contributed by atoms with Gasteiger partial charge in [0, 0.05) is 16.6 Å². The van der Waals surface area contributed by atoms with E-state index in [2.05, 4.69) is 13.8 Å². The molecule has 0 aliphatic rings. The second-order valence-electron chi connectivity index (χ2n) is 4.56. The van der Waals surface area contributed by atoms with Gasteiger partial charge >= 0.3 is 0 Å². The van der Waals surface area contributed by atoms with Gasteiger partial charge in [-0.2, -0.15) is 0 Å². The normalized spacial score (nSPS) is 14.8. The molecule has 0 amide bonds. The molecule has 0 aliphatic carbocycles. The van der Waals surface area contributed by atoms with Crippen LogP contribution in [0.25, 0.3) is 0 Å². The minimum atomic E-state index is -0.159. The molecule has 4 heteroatoms. The molecule has 0 aliphatic heterocycles. The molecule has 0 fully saturated rings. The summed E-state index contributed by atoms with van der Waals surface area (Å²) in [6.45, 7) is 4.79. The van der Waals surface area contributed by atoms with Gasteiger partial charge in [0.05, 0.1) is 7.11 Å². The molecule has 0 saturated carbocycles. The average molecular weight is 257 g/mol. The zero-order chi connectivity index (χ0) is 13.0. The molecule has 0 heterocycles. The summed E-state index contributed by atoms with van der Waals surface area (Å²) < 4.78 is 5.32. The number of rotatable bonds is 5. The predicted octanol–water partition coefficient (Wildman–Crippen LogP) is 2.58. The zero-order valence-electron chi connectivity index (χ0n) is 10.6. The molecule has 17 heavy (non-hydrogen) atoms. The van der Waals surface area contributed by atoms with Crippen molar-refractivity contribution in [3.05, 3.63) is 28.8 Å². The summed E-state index contributed by atoms with van der Waals surface area (Å²) in [5.74, 6) is 1.39. The highest BCUT2D eigenvalue weighted by Gasteiger charge is 2.24. The number of methoxy groups -OCH3 is 1. The van der Waals surface area contributed by atoms with E-state index >= 15 is 0 Å². The molecule has 1 aromatic rings. The van der Waals surface area contributed by atoms with Crippen molar-refractivity contribution >= 4 is 11.6 Å². The van der Waals surface area contributed by atoms with Crippen molar-refractivity contribution in [1.82, 2.24) is 0 Å². The van der Waals surface area contributed by atoms with E-state index in [0.717, 1.165) is 11.3 Å². The molecule has 3 nitrogen and oxygen atoms in total. The van der Waals surface area contributed by atoms with Crippen LogP contribution >= 0.6 is 11.6 Å². The third-order valence-electron chi connectivity index (χ3n) is 3.14. The second kappa shape index (κ2) is 6.24. The molecular formula is C13H21ClN2O. The van der Waals surface area contributed by atoms with E-state index in [1.807, 2.05) is 12.1 Å². The van der Waals surface area contributed by atoms with Crippen molar-refractivity contribution in [1.29, 1.82) is 0 Å². The van der Waals surface area contributed by atoms with Gasteiger partial charge in [0.2, 0.25) is 0 Å². The van der Waals surface area contributed by atoms with Crippen LogP contribution in [0.5, 0.6) is 5.75 Å². The molecular weight excluding hydrogens is 236 g/mol. The fraction of sp³-hybridized carbons (Fsp3) is 0.538. The Hall–Kier alpha value is -0.770.